The van der Waals surface area contributed by atoms with E-state index < -0.39 is 22.6 Å². The van der Waals surface area contributed by atoms with Crippen molar-refractivity contribution in [1.29, 1.82) is 0 Å². The van der Waals surface area contributed by atoms with Crippen molar-refractivity contribution >= 4 is 23.2 Å². The van der Waals surface area contributed by atoms with Gasteiger partial charge in [0.25, 0.3) is 0 Å². The second-order valence-electron chi connectivity index (χ2n) is 2.45. The fourth-order valence-corrected chi connectivity index (χ4v) is 1.13. The molecule has 0 radical (unpaired) electrons. The van der Waals surface area contributed by atoms with Gasteiger partial charge in [0.05, 0.1) is 0 Å². The minimum Gasteiger partial charge on any atom is -0.386 e. The van der Waals surface area contributed by atoms with Crippen molar-refractivity contribution in [2.75, 3.05) is 0 Å². The molecule has 0 spiro atoms. The lowest BCUT2D eigenvalue weighted by atomic mass is 10.1. The highest BCUT2D eigenvalue weighted by atomic mass is 35.5. The second-order valence-corrected chi connectivity index (χ2v) is 3.62. The Labute approximate surface area is 83.9 Å². The Kier molecular flexibility index (Phi) is 3.47. The molecule has 13 heavy (non-hydrogen) atoms. The molecule has 1 N–H and O–H groups in total. The molecule has 5 heteroatoms. The van der Waals surface area contributed by atoms with E-state index in [1.165, 1.54) is 6.07 Å². The van der Waals surface area contributed by atoms with E-state index >= 15 is 0 Å². The van der Waals surface area contributed by atoms with Crippen LogP contribution in [0.5, 0.6) is 0 Å². The standard InChI is InChI=1S/C8H6Cl2F2O/c9-8(10)7(13)4-1-2-5(11)6(12)3-4/h1-3,7-8,13H. The summed E-state index contributed by atoms with van der Waals surface area (Å²) < 4.78 is 25.1. The van der Waals surface area contributed by atoms with Gasteiger partial charge in [-0.15, -0.1) is 23.2 Å². The second kappa shape index (κ2) is 4.22. The maximum absolute atomic E-state index is 12.6. The summed E-state index contributed by atoms with van der Waals surface area (Å²) in [7, 11) is 0. The smallest absolute Gasteiger partial charge is 0.159 e. The van der Waals surface area contributed by atoms with Gasteiger partial charge >= 0.3 is 0 Å². The molecule has 0 saturated carbocycles. The van der Waals surface area contributed by atoms with Crippen molar-refractivity contribution < 1.29 is 13.9 Å². The molecule has 0 amide bonds. The van der Waals surface area contributed by atoms with E-state index in [1.807, 2.05) is 0 Å². The van der Waals surface area contributed by atoms with Crippen LogP contribution in [0.2, 0.25) is 0 Å². The van der Waals surface area contributed by atoms with Crippen LogP contribution in [0.25, 0.3) is 0 Å². The molecule has 1 aromatic rings. The van der Waals surface area contributed by atoms with Crippen molar-refractivity contribution in [1.82, 2.24) is 0 Å². The molecule has 0 aliphatic heterocycles. The number of halogens is 4. The van der Waals surface area contributed by atoms with Crippen LogP contribution in [0, 0.1) is 11.6 Å². The van der Waals surface area contributed by atoms with Crippen LogP contribution in [0.4, 0.5) is 8.78 Å². The summed E-state index contributed by atoms with van der Waals surface area (Å²) in [6.07, 6.45) is -1.21. The molecule has 1 atom stereocenters. The molecule has 1 aromatic carbocycles. The third kappa shape index (κ3) is 2.53. The van der Waals surface area contributed by atoms with Gasteiger partial charge in [-0.1, -0.05) is 6.07 Å². The van der Waals surface area contributed by atoms with E-state index in [4.69, 9.17) is 23.2 Å². The van der Waals surface area contributed by atoms with Crippen molar-refractivity contribution in [2.24, 2.45) is 0 Å². The molecular weight excluding hydrogens is 221 g/mol. The number of hydrogen-bond acceptors (Lipinski definition) is 1. The Morgan fingerprint density at radius 1 is 1.15 bits per heavy atom. The Morgan fingerprint density at radius 3 is 2.23 bits per heavy atom. The lowest BCUT2D eigenvalue weighted by Crippen LogP contribution is -2.06. The monoisotopic (exact) mass is 226 g/mol. The Hall–Kier alpha value is -0.380. The lowest BCUT2D eigenvalue weighted by molar-refractivity contribution is 0.192. The third-order valence-corrected chi connectivity index (χ3v) is 2.00. The number of hydrogen-bond donors (Lipinski definition) is 1. The highest BCUT2D eigenvalue weighted by Gasteiger charge is 2.17. The van der Waals surface area contributed by atoms with Crippen molar-refractivity contribution in [2.45, 2.75) is 10.9 Å². The predicted octanol–water partition coefficient (Wildman–Crippen LogP) is 2.80. The molecule has 0 aromatic heterocycles. The molecular formula is C8H6Cl2F2O. The highest BCUT2D eigenvalue weighted by Crippen LogP contribution is 2.24. The normalized spacial score (nSPS) is 13.4. The minimum absolute atomic E-state index is 0.147. The Balaban J connectivity index is 2.97. The highest BCUT2D eigenvalue weighted by molar-refractivity contribution is 6.44. The van der Waals surface area contributed by atoms with E-state index in [-0.39, 0.29) is 5.56 Å². The molecule has 1 nitrogen and oxygen atoms in total. The lowest BCUT2D eigenvalue weighted by Gasteiger charge is -2.11. The Bertz CT molecular complexity index is 304. The first kappa shape index (κ1) is 10.7. The Morgan fingerprint density at radius 2 is 1.77 bits per heavy atom. The van der Waals surface area contributed by atoms with Crippen LogP contribution in [-0.4, -0.2) is 9.94 Å². The van der Waals surface area contributed by atoms with Crippen molar-refractivity contribution in [3.05, 3.63) is 35.4 Å². The zero-order chi connectivity index (χ0) is 10.0. The first-order chi connectivity index (χ1) is 6.02. The number of alkyl halides is 2. The van der Waals surface area contributed by atoms with Gasteiger partial charge in [-0.3, -0.25) is 0 Å². The SMILES string of the molecule is OC(c1ccc(F)c(F)c1)C(Cl)Cl. The number of aliphatic hydroxyl groups excluding tert-OH is 1. The quantitative estimate of drug-likeness (QED) is 0.770. The summed E-state index contributed by atoms with van der Waals surface area (Å²) in [6, 6.07) is 2.99. The fraction of sp³-hybridized carbons (Fsp3) is 0.250. The number of rotatable bonds is 2. The molecule has 0 heterocycles. The van der Waals surface area contributed by atoms with Crippen molar-refractivity contribution in [3.63, 3.8) is 0 Å². The molecule has 0 aliphatic rings. The summed E-state index contributed by atoms with van der Waals surface area (Å²) in [5.41, 5.74) is 0.147. The number of aliphatic hydroxyl groups is 1. The van der Waals surface area contributed by atoms with E-state index in [1.54, 1.807) is 0 Å². The third-order valence-electron chi connectivity index (χ3n) is 1.52. The van der Waals surface area contributed by atoms with Crippen LogP contribution in [0.1, 0.15) is 11.7 Å². The van der Waals surface area contributed by atoms with Gasteiger partial charge in [-0.05, 0) is 17.7 Å². The van der Waals surface area contributed by atoms with E-state index in [0.717, 1.165) is 12.1 Å². The molecule has 1 unspecified atom stereocenters. The van der Waals surface area contributed by atoms with Gasteiger partial charge in [0.2, 0.25) is 0 Å². The summed E-state index contributed by atoms with van der Waals surface area (Å²) in [4.78, 5) is -1.06. The van der Waals surface area contributed by atoms with Crippen LogP contribution < -0.4 is 0 Å². The molecule has 0 fully saturated rings. The van der Waals surface area contributed by atoms with Gasteiger partial charge in [0.15, 0.2) is 11.6 Å². The first-order valence-electron chi connectivity index (χ1n) is 3.43. The van der Waals surface area contributed by atoms with Gasteiger partial charge in [0.1, 0.15) is 10.9 Å². The average Bonchev–Trinajstić information content (AvgIpc) is 2.08. The van der Waals surface area contributed by atoms with Crippen molar-refractivity contribution in [3.8, 4) is 0 Å². The minimum atomic E-state index is -1.21. The van der Waals surface area contributed by atoms with Crippen LogP contribution >= 0.6 is 23.2 Å². The summed E-state index contributed by atoms with van der Waals surface area (Å²) in [5.74, 6) is -2.01. The van der Waals surface area contributed by atoms with E-state index in [2.05, 4.69) is 0 Å². The molecule has 72 valence electrons. The average molecular weight is 227 g/mol. The largest absolute Gasteiger partial charge is 0.386 e. The van der Waals surface area contributed by atoms with Gasteiger partial charge in [-0.2, -0.15) is 0 Å². The summed E-state index contributed by atoms with van der Waals surface area (Å²) in [5, 5.41) is 9.26. The maximum atomic E-state index is 12.6. The zero-order valence-electron chi connectivity index (χ0n) is 6.35. The zero-order valence-corrected chi connectivity index (χ0v) is 7.86. The molecule has 1 rings (SSSR count). The van der Waals surface area contributed by atoms with Gasteiger partial charge in [-0.25, -0.2) is 8.78 Å². The van der Waals surface area contributed by atoms with Crippen LogP contribution in [0.15, 0.2) is 18.2 Å². The maximum Gasteiger partial charge on any atom is 0.159 e. The predicted molar refractivity (Wildman–Crippen MR) is 46.8 cm³/mol. The van der Waals surface area contributed by atoms with E-state index in [0.29, 0.717) is 0 Å². The summed E-state index contributed by atoms with van der Waals surface area (Å²) >= 11 is 10.7. The number of benzene rings is 1. The summed E-state index contributed by atoms with van der Waals surface area (Å²) in [6.45, 7) is 0. The van der Waals surface area contributed by atoms with Crippen LogP contribution in [-0.2, 0) is 0 Å². The molecule has 0 bridgehead atoms. The molecule has 0 saturated heterocycles. The van der Waals surface area contributed by atoms with Gasteiger partial charge in [0, 0.05) is 0 Å². The fourth-order valence-electron chi connectivity index (χ4n) is 0.842. The first-order valence-corrected chi connectivity index (χ1v) is 4.31. The van der Waals surface area contributed by atoms with Gasteiger partial charge < -0.3 is 5.11 Å². The topological polar surface area (TPSA) is 20.2 Å². The molecule has 0 aliphatic carbocycles. The van der Waals surface area contributed by atoms with Crippen LogP contribution in [0.3, 0.4) is 0 Å². The van der Waals surface area contributed by atoms with E-state index in [9.17, 15) is 13.9 Å².